The highest BCUT2D eigenvalue weighted by molar-refractivity contribution is 5.78. The smallest absolute Gasteiger partial charge is 0.236 e. The Balaban J connectivity index is 1.62. The summed E-state index contributed by atoms with van der Waals surface area (Å²) in [5.74, 6) is 0.305. The second-order valence-corrected chi connectivity index (χ2v) is 6.30. The average Bonchev–Trinajstić information content (AvgIpc) is 2.50. The van der Waals surface area contributed by atoms with E-state index in [1.165, 1.54) is 6.42 Å². The van der Waals surface area contributed by atoms with Crippen molar-refractivity contribution >= 4 is 5.91 Å². The van der Waals surface area contributed by atoms with Gasteiger partial charge in [0.1, 0.15) is 0 Å². The number of nitrogens with two attached hydrogens (primary N) is 1. The van der Waals surface area contributed by atoms with E-state index in [1.54, 1.807) is 0 Å². The van der Waals surface area contributed by atoms with Crippen molar-refractivity contribution in [3.8, 4) is 0 Å². The molecule has 0 atom stereocenters. The summed E-state index contributed by atoms with van der Waals surface area (Å²) < 4.78 is 0. The lowest BCUT2D eigenvalue weighted by atomic mass is 10.2. The van der Waals surface area contributed by atoms with Crippen molar-refractivity contribution in [1.82, 2.24) is 19.6 Å². The van der Waals surface area contributed by atoms with Crippen LogP contribution in [0.1, 0.15) is 12.8 Å². The Hall–Kier alpha value is -0.690. The first kappa shape index (κ1) is 16.7. The van der Waals surface area contributed by atoms with Crippen LogP contribution in [0.4, 0.5) is 0 Å². The summed E-state index contributed by atoms with van der Waals surface area (Å²) in [7, 11) is 2.12. The predicted molar refractivity (Wildman–Crippen MR) is 85.2 cm³/mol. The molecule has 0 spiro atoms. The highest BCUT2D eigenvalue weighted by Gasteiger charge is 2.23. The van der Waals surface area contributed by atoms with Gasteiger partial charge in [0.15, 0.2) is 0 Å². The van der Waals surface area contributed by atoms with Gasteiger partial charge in [-0.3, -0.25) is 9.69 Å². The summed E-state index contributed by atoms with van der Waals surface area (Å²) in [4.78, 5) is 21.4. The molecular formula is C15H31N5O. The molecule has 21 heavy (non-hydrogen) atoms. The zero-order valence-corrected chi connectivity index (χ0v) is 13.5. The summed E-state index contributed by atoms with van der Waals surface area (Å²) in [6.07, 6.45) is 2.30. The molecule has 2 fully saturated rings. The molecule has 6 heteroatoms. The molecule has 0 aromatic carbocycles. The number of piperazine rings is 2. The highest BCUT2D eigenvalue weighted by Crippen LogP contribution is 2.06. The first-order valence-electron chi connectivity index (χ1n) is 8.30. The lowest BCUT2D eigenvalue weighted by Gasteiger charge is -2.37. The quantitative estimate of drug-likeness (QED) is 0.645. The Morgan fingerprint density at radius 3 is 2.14 bits per heavy atom. The van der Waals surface area contributed by atoms with Crippen molar-refractivity contribution < 1.29 is 4.79 Å². The zero-order chi connectivity index (χ0) is 15.1. The number of likely N-dealkylation sites (N-methyl/N-ethyl adjacent to an activating group) is 1. The van der Waals surface area contributed by atoms with Gasteiger partial charge < -0.3 is 20.4 Å². The van der Waals surface area contributed by atoms with Crippen LogP contribution < -0.4 is 5.73 Å². The molecule has 2 N–H and O–H groups in total. The number of carbonyl (C=O) groups excluding carboxylic acids is 1. The summed E-state index contributed by atoms with van der Waals surface area (Å²) in [6, 6.07) is 0. The van der Waals surface area contributed by atoms with Gasteiger partial charge in [0.25, 0.3) is 0 Å². The molecule has 6 nitrogen and oxygen atoms in total. The normalized spacial score (nSPS) is 22.7. The minimum atomic E-state index is 0.305. The van der Waals surface area contributed by atoms with Gasteiger partial charge in [0, 0.05) is 52.4 Å². The lowest BCUT2D eigenvalue weighted by Crippen LogP contribution is -2.53. The standard InChI is InChI=1S/C15H31N5O/c1-17-6-12-20(13-7-17)15(21)14-19-10-8-18(9-11-19)5-3-2-4-16/h2-14,16H2,1H3. The second kappa shape index (κ2) is 8.68. The van der Waals surface area contributed by atoms with Gasteiger partial charge >= 0.3 is 0 Å². The van der Waals surface area contributed by atoms with Crippen molar-refractivity contribution in [2.75, 3.05) is 79.0 Å². The Bertz CT molecular complexity index is 309. The van der Waals surface area contributed by atoms with E-state index in [-0.39, 0.29) is 0 Å². The summed E-state index contributed by atoms with van der Waals surface area (Å²) in [5.41, 5.74) is 5.53. The van der Waals surface area contributed by atoms with E-state index in [1.807, 2.05) is 4.90 Å². The third-order valence-corrected chi connectivity index (χ3v) is 4.61. The fraction of sp³-hybridized carbons (Fsp3) is 0.933. The van der Waals surface area contributed by atoms with E-state index in [0.717, 1.165) is 71.9 Å². The lowest BCUT2D eigenvalue weighted by molar-refractivity contribution is -0.134. The van der Waals surface area contributed by atoms with Crippen LogP contribution in [-0.4, -0.2) is 105 Å². The molecule has 0 saturated carbocycles. The molecule has 2 heterocycles. The Kier molecular flexibility index (Phi) is 6.89. The minimum Gasteiger partial charge on any atom is -0.339 e. The second-order valence-electron chi connectivity index (χ2n) is 6.30. The maximum absolute atomic E-state index is 12.3. The maximum Gasteiger partial charge on any atom is 0.236 e. The zero-order valence-electron chi connectivity index (χ0n) is 13.5. The Morgan fingerprint density at radius 1 is 0.905 bits per heavy atom. The van der Waals surface area contributed by atoms with Crippen molar-refractivity contribution in [2.24, 2.45) is 5.73 Å². The van der Waals surface area contributed by atoms with Gasteiger partial charge in [-0.25, -0.2) is 0 Å². The maximum atomic E-state index is 12.3. The highest BCUT2D eigenvalue weighted by atomic mass is 16.2. The van der Waals surface area contributed by atoms with Crippen LogP contribution in [0.2, 0.25) is 0 Å². The fourth-order valence-corrected chi connectivity index (χ4v) is 3.00. The van der Waals surface area contributed by atoms with Crippen LogP contribution in [0.5, 0.6) is 0 Å². The first-order chi connectivity index (χ1) is 10.2. The average molecular weight is 297 g/mol. The molecule has 0 aromatic heterocycles. The number of carbonyl (C=O) groups is 1. The number of hydrogen-bond donors (Lipinski definition) is 1. The number of rotatable bonds is 6. The molecule has 0 bridgehead atoms. The topological polar surface area (TPSA) is 56.0 Å². The molecular weight excluding hydrogens is 266 g/mol. The van der Waals surface area contributed by atoms with Crippen molar-refractivity contribution in [3.05, 3.63) is 0 Å². The van der Waals surface area contributed by atoms with Crippen LogP contribution in [-0.2, 0) is 4.79 Å². The monoisotopic (exact) mass is 297 g/mol. The van der Waals surface area contributed by atoms with E-state index in [4.69, 9.17) is 5.73 Å². The van der Waals surface area contributed by atoms with Crippen molar-refractivity contribution in [1.29, 1.82) is 0 Å². The van der Waals surface area contributed by atoms with Crippen molar-refractivity contribution in [2.45, 2.75) is 12.8 Å². The minimum absolute atomic E-state index is 0.305. The van der Waals surface area contributed by atoms with Crippen LogP contribution in [0.25, 0.3) is 0 Å². The van der Waals surface area contributed by atoms with Crippen molar-refractivity contribution in [3.63, 3.8) is 0 Å². The predicted octanol–water partition coefficient (Wildman–Crippen LogP) is -0.883. The Morgan fingerprint density at radius 2 is 1.52 bits per heavy atom. The molecule has 0 aliphatic carbocycles. The number of amides is 1. The van der Waals surface area contributed by atoms with Gasteiger partial charge in [-0.2, -0.15) is 0 Å². The van der Waals surface area contributed by atoms with Gasteiger partial charge in [-0.1, -0.05) is 0 Å². The molecule has 0 unspecified atom stereocenters. The van der Waals surface area contributed by atoms with E-state index in [2.05, 4.69) is 21.7 Å². The molecule has 2 aliphatic rings. The fourth-order valence-electron chi connectivity index (χ4n) is 3.00. The summed E-state index contributed by atoms with van der Waals surface area (Å²) in [5, 5.41) is 0. The molecule has 2 saturated heterocycles. The third kappa shape index (κ3) is 5.54. The molecule has 0 radical (unpaired) electrons. The summed E-state index contributed by atoms with van der Waals surface area (Å²) in [6.45, 7) is 10.5. The Labute approximate surface area is 128 Å². The number of nitrogens with zero attached hydrogens (tertiary/aromatic N) is 4. The van der Waals surface area contributed by atoms with Crippen LogP contribution >= 0.6 is 0 Å². The van der Waals surface area contributed by atoms with Gasteiger partial charge in [-0.05, 0) is 33.0 Å². The van der Waals surface area contributed by atoms with Crippen LogP contribution in [0, 0.1) is 0 Å². The molecule has 0 aromatic rings. The molecule has 1 amide bonds. The molecule has 2 aliphatic heterocycles. The van der Waals surface area contributed by atoms with Gasteiger partial charge in [0.2, 0.25) is 5.91 Å². The molecule has 122 valence electrons. The van der Waals surface area contributed by atoms with E-state index < -0.39 is 0 Å². The number of hydrogen-bond acceptors (Lipinski definition) is 5. The molecule has 2 rings (SSSR count). The van der Waals surface area contributed by atoms with E-state index in [9.17, 15) is 4.79 Å². The SMILES string of the molecule is CN1CCN(C(=O)CN2CCN(CCCCN)CC2)CC1. The largest absolute Gasteiger partial charge is 0.339 e. The number of unbranched alkanes of at least 4 members (excludes halogenated alkanes) is 1. The summed E-state index contributed by atoms with van der Waals surface area (Å²) >= 11 is 0. The van der Waals surface area contributed by atoms with E-state index in [0.29, 0.717) is 12.5 Å². The first-order valence-corrected chi connectivity index (χ1v) is 8.30. The van der Waals surface area contributed by atoms with E-state index >= 15 is 0 Å². The van der Waals surface area contributed by atoms with Crippen LogP contribution in [0.3, 0.4) is 0 Å². The van der Waals surface area contributed by atoms with Crippen LogP contribution in [0.15, 0.2) is 0 Å². The van der Waals surface area contributed by atoms with Gasteiger partial charge in [0.05, 0.1) is 6.54 Å². The van der Waals surface area contributed by atoms with Gasteiger partial charge in [-0.15, -0.1) is 0 Å². The third-order valence-electron chi connectivity index (χ3n) is 4.61.